The average Bonchev–Trinajstić information content (AvgIpc) is 3.32. The van der Waals surface area contributed by atoms with E-state index in [9.17, 15) is 9.59 Å². The van der Waals surface area contributed by atoms with Crippen molar-refractivity contribution in [3.63, 3.8) is 0 Å². The van der Waals surface area contributed by atoms with Crippen molar-refractivity contribution in [2.24, 2.45) is 21.7 Å². The number of nitrogens with zero attached hydrogens (tertiary/aromatic N) is 2. The number of ether oxygens (including phenoxy) is 4. The van der Waals surface area contributed by atoms with Crippen molar-refractivity contribution in [1.29, 1.82) is 0 Å². The van der Waals surface area contributed by atoms with Crippen LogP contribution >= 0.6 is 0 Å². The molecule has 9 nitrogen and oxygen atoms in total. The first-order valence-corrected chi connectivity index (χ1v) is 22.6. The number of aryl methyl sites for hydroxylation is 1. The molecule has 0 radical (unpaired) electrons. The smallest absolute Gasteiger partial charge is 0.253 e. The summed E-state index contributed by atoms with van der Waals surface area (Å²) in [6.07, 6.45) is 6.00. The third-order valence-electron chi connectivity index (χ3n) is 10.2. The molecule has 1 N–H and O–H groups in total. The molecule has 9 heteroatoms. The van der Waals surface area contributed by atoms with Gasteiger partial charge in [-0.05, 0) is 117 Å². The maximum absolute atomic E-state index is 12.3. The molecule has 0 bridgehead atoms. The Kier molecular flexibility index (Phi) is 27.7. The minimum Gasteiger partial charge on any atom is -0.493 e. The zero-order chi connectivity index (χ0) is 47.1. The lowest BCUT2D eigenvalue weighted by molar-refractivity contribution is -0.137. The van der Waals surface area contributed by atoms with Crippen molar-refractivity contribution in [2.45, 2.75) is 203 Å². The standard InChI is InChI=1S/C14H29NO.C14H22O2.C13H18O2.C11H20N2O.3CH4/c1-8-11(3)15(12(4)9-2)13(16)10-14(5,6)7;1-14(2,3)9-8-11-6-7-12(15-4)13(10-11)16-5;1-13(2,3)9-10-4-5-11-12(8-10)15-7-6-14-11;1-8-12-11(5,6)9(14)13(8)7-10(2,3)4;;;/h11-12H,8-10H2,1-7H3;6-7,10H,8-9H2,1-5H3;4-5,8H,6-7,9H2,1-3H3;12H,1,7H2,2-6H3;3*1H4. The number of rotatable bonds is 11. The molecule has 1 fully saturated rings. The number of carbonyl (C=O) groups excluding carboxylic acids is 2. The largest absolute Gasteiger partial charge is 0.493 e. The maximum atomic E-state index is 12.3. The molecular formula is C55H101N3O6. The number of nitrogens with one attached hydrogen (secondary N) is 1. The van der Waals surface area contributed by atoms with Crippen LogP contribution in [0.3, 0.4) is 0 Å². The van der Waals surface area contributed by atoms with Crippen LogP contribution in [0.4, 0.5) is 0 Å². The van der Waals surface area contributed by atoms with Crippen molar-refractivity contribution in [1.82, 2.24) is 15.1 Å². The van der Waals surface area contributed by atoms with Gasteiger partial charge in [0.2, 0.25) is 5.91 Å². The topological polar surface area (TPSA) is 89.6 Å². The molecule has 0 spiro atoms. The normalized spacial score (nSPS) is 15.0. The Balaban J connectivity index is -0.000000764. The molecular weight excluding hydrogens is 799 g/mol. The lowest BCUT2D eigenvalue weighted by Crippen LogP contribution is -2.45. The SMILES string of the molecule is C.C.C.C=C1NC(C)(C)C(=O)N1CC(C)(C)C.CC(C)(C)Cc1ccc2c(c1)OCCO2.CCC(C)N(C(=O)CC(C)(C)C)C(C)CC.COc1ccc(CCC(C)(C)C)cc1OC. The molecule has 0 aliphatic carbocycles. The minimum absolute atomic E-state index is 0. The van der Waals surface area contributed by atoms with Gasteiger partial charge in [0.25, 0.3) is 5.91 Å². The average molecular weight is 900 g/mol. The Morgan fingerprint density at radius 2 is 1.25 bits per heavy atom. The van der Waals surface area contributed by atoms with Crippen LogP contribution in [0.1, 0.15) is 184 Å². The van der Waals surface area contributed by atoms with E-state index in [4.69, 9.17) is 18.9 Å². The number of fused-ring (bicyclic) bond motifs is 1. The Morgan fingerprint density at radius 1 is 0.750 bits per heavy atom. The fraction of sp³-hybridized carbons (Fsp3) is 0.709. The number of hydrogen-bond acceptors (Lipinski definition) is 7. The molecule has 0 saturated carbocycles. The fourth-order valence-electron chi connectivity index (χ4n) is 6.81. The first kappa shape index (κ1) is 64.4. The van der Waals surface area contributed by atoms with Crippen molar-refractivity contribution in [3.05, 3.63) is 59.9 Å². The Bertz CT molecular complexity index is 1660. The molecule has 4 rings (SSSR count). The zero-order valence-electron chi connectivity index (χ0n) is 42.5. The van der Waals surface area contributed by atoms with Gasteiger partial charge >= 0.3 is 0 Å². The summed E-state index contributed by atoms with van der Waals surface area (Å²) in [4.78, 5) is 28.0. The molecule has 2 amide bonds. The summed E-state index contributed by atoms with van der Waals surface area (Å²) in [5, 5.41) is 3.10. The first-order chi connectivity index (χ1) is 27.9. The van der Waals surface area contributed by atoms with E-state index in [-0.39, 0.29) is 39.0 Å². The van der Waals surface area contributed by atoms with E-state index in [2.05, 4.69) is 152 Å². The molecule has 2 aromatic rings. The van der Waals surface area contributed by atoms with Crippen LogP contribution in [-0.2, 0) is 22.4 Å². The van der Waals surface area contributed by atoms with Gasteiger partial charge in [-0.3, -0.25) is 14.5 Å². The summed E-state index contributed by atoms with van der Waals surface area (Å²) < 4.78 is 21.5. The van der Waals surface area contributed by atoms with Gasteiger partial charge in [0, 0.05) is 25.0 Å². The monoisotopic (exact) mass is 900 g/mol. The van der Waals surface area contributed by atoms with Crippen molar-refractivity contribution < 1.29 is 28.5 Å². The van der Waals surface area contributed by atoms with Crippen molar-refractivity contribution in [2.75, 3.05) is 34.0 Å². The van der Waals surface area contributed by atoms with Gasteiger partial charge in [0.1, 0.15) is 24.6 Å². The molecule has 2 atom stereocenters. The van der Waals surface area contributed by atoms with Gasteiger partial charge in [-0.25, -0.2) is 0 Å². The predicted molar refractivity (Wildman–Crippen MR) is 276 cm³/mol. The number of amides is 2. The van der Waals surface area contributed by atoms with Gasteiger partial charge in [-0.15, -0.1) is 0 Å². The fourth-order valence-corrected chi connectivity index (χ4v) is 6.81. The van der Waals surface area contributed by atoms with Crippen LogP contribution in [0.25, 0.3) is 0 Å². The van der Waals surface area contributed by atoms with E-state index >= 15 is 0 Å². The highest BCUT2D eigenvalue weighted by Gasteiger charge is 2.42. The lowest BCUT2D eigenvalue weighted by Gasteiger charge is -2.36. The van der Waals surface area contributed by atoms with Gasteiger partial charge < -0.3 is 29.2 Å². The Hall–Kier alpha value is -3.88. The number of hydrogen-bond donors (Lipinski definition) is 1. The summed E-state index contributed by atoms with van der Waals surface area (Å²) in [5.74, 6) is 4.50. The molecule has 372 valence electrons. The van der Waals surface area contributed by atoms with E-state index in [0.717, 1.165) is 54.5 Å². The lowest BCUT2D eigenvalue weighted by atomic mass is 9.88. The molecule has 1 saturated heterocycles. The third-order valence-corrected chi connectivity index (χ3v) is 10.2. The van der Waals surface area contributed by atoms with E-state index in [1.165, 1.54) is 17.5 Å². The summed E-state index contributed by atoms with van der Waals surface area (Å²) in [6, 6.07) is 13.1. The number of benzene rings is 2. The highest BCUT2D eigenvalue weighted by atomic mass is 16.6. The van der Waals surface area contributed by atoms with Crippen LogP contribution in [0.5, 0.6) is 23.0 Å². The second kappa shape index (κ2) is 27.6. The Labute approximate surface area is 395 Å². The number of methoxy groups -OCH3 is 2. The molecule has 2 aromatic carbocycles. The summed E-state index contributed by atoms with van der Waals surface area (Å²) in [6.45, 7) is 44.4. The van der Waals surface area contributed by atoms with Crippen LogP contribution in [-0.4, -0.2) is 73.2 Å². The molecule has 2 aliphatic rings. The maximum Gasteiger partial charge on any atom is 0.253 e. The Morgan fingerprint density at radius 3 is 1.66 bits per heavy atom. The molecule has 2 unspecified atom stereocenters. The summed E-state index contributed by atoms with van der Waals surface area (Å²) >= 11 is 0. The highest BCUT2D eigenvalue weighted by Crippen LogP contribution is 2.33. The molecule has 64 heavy (non-hydrogen) atoms. The van der Waals surface area contributed by atoms with E-state index in [1.807, 2.05) is 26.0 Å². The quantitative estimate of drug-likeness (QED) is 0.240. The van der Waals surface area contributed by atoms with E-state index in [0.29, 0.717) is 55.0 Å². The van der Waals surface area contributed by atoms with Crippen LogP contribution in [0.15, 0.2) is 48.8 Å². The molecule has 2 heterocycles. The number of carbonyl (C=O) groups is 2. The van der Waals surface area contributed by atoms with Gasteiger partial charge in [-0.1, -0.05) is 138 Å². The van der Waals surface area contributed by atoms with Gasteiger partial charge in [-0.2, -0.15) is 0 Å². The highest BCUT2D eigenvalue weighted by molar-refractivity contribution is 5.90. The summed E-state index contributed by atoms with van der Waals surface area (Å²) in [7, 11) is 3.33. The van der Waals surface area contributed by atoms with Crippen molar-refractivity contribution >= 4 is 11.8 Å². The van der Waals surface area contributed by atoms with Crippen molar-refractivity contribution in [3.8, 4) is 23.0 Å². The second-order valence-electron chi connectivity index (χ2n) is 22.2. The van der Waals surface area contributed by atoms with Crippen LogP contribution < -0.4 is 24.3 Å². The van der Waals surface area contributed by atoms with E-state index < -0.39 is 5.54 Å². The van der Waals surface area contributed by atoms with Crippen LogP contribution in [0, 0.1) is 21.7 Å². The first-order valence-electron chi connectivity index (χ1n) is 22.6. The van der Waals surface area contributed by atoms with Gasteiger partial charge in [0.15, 0.2) is 23.0 Å². The zero-order valence-corrected chi connectivity index (χ0v) is 42.5. The van der Waals surface area contributed by atoms with Gasteiger partial charge in [0.05, 0.1) is 14.2 Å². The van der Waals surface area contributed by atoms with Crippen LogP contribution in [0.2, 0.25) is 0 Å². The predicted octanol–water partition coefficient (Wildman–Crippen LogP) is 14.2. The molecule has 0 aromatic heterocycles. The molecule has 2 aliphatic heterocycles. The summed E-state index contributed by atoms with van der Waals surface area (Å²) in [5.41, 5.74) is 2.97. The van der Waals surface area contributed by atoms with E-state index in [1.54, 1.807) is 19.1 Å². The third kappa shape index (κ3) is 23.9. The second-order valence-corrected chi connectivity index (χ2v) is 22.2. The minimum atomic E-state index is -0.498.